The van der Waals surface area contributed by atoms with Crippen LogP contribution in [0.5, 0.6) is 0 Å². The Morgan fingerprint density at radius 1 is 1.44 bits per heavy atom. The standard InChI is InChI=1S/C7H10N6O2S/c1-16(14,15)3-2-9-6-4-8-5-7-10-11-12-13(6)7/h4-5,9H,2-3H2,1H3. The second-order valence-corrected chi connectivity index (χ2v) is 5.56. The normalized spacial score (nSPS) is 11.8. The first-order valence-corrected chi connectivity index (χ1v) is 6.56. The molecule has 2 aromatic rings. The molecule has 86 valence electrons. The van der Waals surface area contributed by atoms with Gasteiger partial charge < -0.3 is 5.32 Å². The van der Waals surface area contributed by atoms with Gasteiger partial charge in [-0.25, -0.2) is 8.42 Å². The number of aromatic nitrogens is 5. The number of rotatable bonds is 4. The van der Waals surface area contributed by atoms with E-state index in [1.54, 1.807) is 0 Å². The van der Waals surface area contributed by atoms with E-state index in [4.69, 9.17) is 0 Å². The van der Waals surface area contributed by atoms with Gasteiger partial charge in [0, 0.05) is 12.8 Å². The highest BCUT2D eigenvalue weighted by atomic mass is 32.2. The van der Waals surface area contributed by atoms with Crippen molar-refractivity contribution in [2.75, 3.05) is 23.9 Å². The summed E-state index contributed by atoms with van der Waals surface area (Å²) >= 11 is 0. The van der Waals surface area contributed by atoms with Gasteiger partial charge in [-0.3, -0.25) is 4.98 Å². The first-order chi connectivity index (χ1) is 7.56. The van der Waals surface area contributed by atoms with Crippen LogP contribution in [0.1, 0.15) is 0 Å². The Hall–Kier alpha value is -1.77. The van der Waals surface area contributed by atoms with E-state index in [-0.39, 0.29) is 5.75 Å². The number of tetrazole rings is 1. The summed E-state index contributed by atoms with van der Waals surface area (Å²) in [7, 11) is -2.98. The maximum atomic E-state index is 10.9. The molecule has 0 aliphatic carbocycles. The molecule has 0 saturated carbocycles. The predicted molar refractivity (Wildman–Crippen MR) is 56.8 cm³/mol. The average Bonchev–Trinajstić information content (AvgIpc) is 2.64. The molecule has 0 bridgehead atoms. The summed E-state index contributed by atoms with van der Waals surface area (Å²) in [4.78, 5) is 3.92. The molecular weight excluding hydrogens is 232 g/mol. The molecule has 2 rings (SSSR count). The second kappa shape index (κ2) is 4.00. The van der Waals surface area contributed by atoms with E-state index < -0.39 is 9.84 Å². The molecule has 0 aliphatic heterocycles. The highest BCUT2D eigenvalue weighted by Gasteiger charge is 2.05. The lowest BCUT2D eigenvalue weighted by molar-refractivity contribution is 0.602. The van der Waals surface area contributed by atoms with E-state index >= 15 is 0 Å². The zero-order chi connectivity index (χ0) is 11.6. The molecule has 1 N–H and O–H groups in total. The van der Waals surface area contributed by atoms with Gasteiger partial charge in [0.15, 0.2) is 5.65 Å². The molecule has 0 spiro atoms. The molecule has 0 radical (unpaired) electrons. The zero-order valence-corrected chi connectivity index (χ0v) is 9.35. The third-order valence-electron chi connectivity index (χ3n) is 1.89. The van der Waals surface area contributed by atoms with E-state index in [1.165, 1.54) is 23.2 Å². The van der Waals surface area contributed by atoms with E-state index in [9.17, 15) is 8.42 Å². The minimum atomic E-state index is -2.98. The summed E-state index contributed by atoms with van der Waals surface area (Å²) in [5.41, 5.74) is 0.504. The minimum absolute atomic E-state index is 0.0471. The summed E-state index contributed by atoms with van der Waals surface area (Å²) in [6, 6.07) is 0. The Bertz CT molecular complexity index is 592. The van der Waals surface area contributed by atoms with Crippen LogP contribution in [0, 0.1) is 0 Å². The van der Waals surface area contributed by atoms with E-state index in [0.717, 1.165) is 0 Å². The molecule has 0 aromatic carbocycles. The topological polar surface area (TPSA) is 102 Å². The van der Waals surface area contributed by atoms with Crippen molar-refractivity contribution in [3.8, 4) is 0 Å². The van der Waals surface area contributed by atoms with Gasteiger partial charge in [0.2, 0.25) is 0 Å². The van der Waals surface area contributed by atoms with Gasteiger partial charge >= 0.3 is 0 Å². The van der Waals surface area contributed by atoms with Crippen molar-refractivity contribution in [3.05, 3.63) is 12.4 Å². The lowest BCUT2D eigenvalue weighted by atomic mass is 10.6. The second-order valence-electron chi connectivity index (χ2n) is 3.30. The first kappa shape index (κ1) is 10.7. The Labute approximate surface area is 91.6 Å². The van der Waals surface area contributed by atoms with Crippen molar-refractivity contribution in [2.24, 2.45) is 0 Å². The number of hydrogen-bond donors (Lipinski definition) is 1. The van der Waals surface area contributed by atoms with Crippen LogP contribution in [0.25, 0.3) is 5.65 Å². The summed E-state index contributed by atoms with van der Waals surface area (Å²) in [6.45, 7) is 0.291. The third-order valence-corrected chi connectivity index (χ3v) is 2.83. The number of fused-ring (bicyclic) bond motifs is 1. The summed E-state index contributed by atoms with van der Waals surface area (Å²) in [5, 5.41) is 13.8. The SMILES string of the molecule is CS(=O)(=O)CCNc1cncc2nnnn12. The number of sulfone groups is 1. The highest BCUT2D eigenvalue weighted by molar-refractivity contribution is 7.90. The van der Waals surface area contributed by atoms with Crippen molar-refractivity contribution >= 4 is 21.3 Å². The molecular formula is C7H10N6O2S. The molecule has 16 heavy (non-hydrogen) atoms. The summed E-state index contributed by atoms with van der Waals surface area (Å²) in [5.74, 6) is 0.608. The summed E-state index contributed by atoms with van der Waals surface area (Å²) in [6.07, 6.45) is 4.23. The molecule has 2 heterocycles. The maximum Gasteiger partial charge on any atom is 0.199 e. The van der Waals surface area contributed by atoms with Gasteiger partial charge in [0.25, 0.3) is 0 Å². The smallest absolute Gasteiger partial charge is 0.199 e. The van der Waals surface area contributed by atoms with Crippen molar-refractivity contribution in [2.45, 2.75) is 0 Å². The van der Waals surface area contributed by atoms with Crippen molar-refractivity contribution in [3.63, 3.8) is 0 Å². The van der Waals surface area contributed by atoms with Gasteiger partial charge in [-0.1, -0.05) is 0 Å². The van der Waals surface area contributed by atoms with Gasteiger partial charge in [-0.05, 0) is 10.4 Å². The Morgan fingerprint density at radius 2 is 2.25 bits per heavy atom. The first-order valence-electron chi connectivity index (χ1n) is 4.50. The fraction of sp³-hybridized carbons (Fsp3) is 0.429. The fourth-order valence-electron chi connectivity index (χ4n) is 1.16. The third kappa shape index (κ3) is 2.42. The molecule has 0 unspecified atom stereocenters. The largest absolute Gasteiger partial charge is 0.368 e. The van der Waals surface area contributed by atoms with Crippen LogP contribution in [0.15, 0.2) is 12.4 Å². The molecule has 2 aromatic heterocycles. The molecule has 0 saturated heterocycles. The van der Waals surface area contributed by atoms with Crippen LogP contribution < -0.4 is 5.32 Å². The zero-order valence-electron chi connectivity index (χ0n) is 8.53. The van der Waals surface area contributed by atoms with Crippen LogP contribution in [0.2, 0.25) is 0 Å². The Kier molecular flexibility index (Phi) is 2.69. The van der Waals surface area contributed by atoms with Crippen molar-refractivity contribution in [1.82, 2.24) is 25.0 Å². The molecule has 8 nitrogen and oxygen atoms in total. The van der Waals surface area contributed by atoms with Crippen molar-refractivity contribution in [1.29, 1.82) is 0 Å². The lowest BCUT2D eigenvalue weighted by Crippen LogP contribution is -2.16. The number of nitrogens with one attached hydrogen (secondary N) is 1. The van der Waals surface area contributed by atoms with Crippen LogP contribution in [-0.4, -0.2) is 52.0 Å². The minimum Gasteiger partial charge on any atom is -0.368 e. The van der Waals surface area contributed by atoms with Gasteiger partial charge in [-0.15, -0.1) is 5.10 Å². The van der Waals surface area contributed by atoms with Crippen LogP contribution in [0.4, 0.5) is 5.82 Å². The van der Waals surface area contributed by atoms with Crippen LogP contribution in [-0.2, 0) is 9.84 Å². The predicted octanol–water partition coefficient (Wildman–Crippen LogP) is -1.02. The molecule has 9 heteroatoms. The molecule has 0 atom stereocenters. The lowest BCUT2D eigenvalue weighted by Gasteiger charge is -2.05. The highest BCUT2D eigenvalue weighted by Crippen LogP contribution is 2.04. The van der Waals surface area contributed by atoms with Gasteiger partial charge in [-0.2, -0.15) is 4.52 Å². The van der Waals surface area contributed by atoms with E-state index in [2.05, 4.69) is 25.8 Å². The Balaban J connectivity index is 2.12. The van der Waals surface area contributed by atoms with Crippen molar-refractivity contribution < 1.29 is 8.42 Å². The van der Waals surface area contributed by atoms with E-state index in [1.807, 2.05) is 0 Å². The van der Waals surface area contributed by atoms with Gasteiger partial charge in [0.05, 0.1) is 18.1 Å². The number of nitrogens with zero attached hydrogens (tertiary/aromatic N) is 5. The van der Waals surface area contributed by atoms with Crippen LogP contribution in [0.3, 0.4) is 0 Å². The monoisotopic (exact) mass is 242 g/mol. The fourth-order valence-corrected chi connectivity index (χ4v) is 1.63. The number of hydrogen-bond acceptors (Lipinski definition) is 7. The van der Waals surface area contributed by atoms with Crippen LogP contribution >= 0.6 is 0 Å². The quantitative estimate of drug-likeness (QED) is 0.731. The maximum absolute atomic E-state index is 10.9. The number of anilines is 1. The Morgan fingerprint density at radius 3 is 3.00 bits per heavy atom. The molecule has 0 fully saturated rings. The van der Waals surface area contributed by atoms with Gasteiger partial charge in [0.1, 0.15) is 15.7 Å². The molecule has 0 amide bonds. The van der Waals surface area contributed by atoms with E-state index in [0.29, 0.717) is 18.0 Å². The molecule has 0 aliphatic rings. The summed E-state index contributed by atoms with van der Waals surface area (Å²) < 4.78 is 23.3. The average molecular weight is 242 g/mol.